The van der Waals surface area contributed by atoms with Crippen molar-refractivity contribution >= 4 is 5.96 Å². The van der Waals surface area contributed by atoms with E-state index in [9.17, 15) is 13.2 Å². The van der Waals surface area contributed by atoms with Gasteiger partial charge in [0, 0.05) is 58.4 Å². The SMILES string of the molecule is CN=C(NCC1(c2ccccc2)CCOCC1)N1CCN(C(C)C(F)(F)F)CC1. The number of hydrogen-bond acceptors (Lipinski definition) is 3. The molecule has 8 heteroatoms. The van der Waals surface area contributed by atoms with Crippen molar-refractivity contribution in [2.24, 2.45) is 4.99 Å². The molecule has 0 amide bonds. The second kappa shape index (κ2) is 9.34. The van der Waals surface area contributed by atoms with Gasteiger partial charge in [0.15, 0.2) is 5.96 Å². The number of guanidine groups is 1. The average molecular weight is 413 g/mol. The van der Waals surface area contributed by atoms with Crippen LogP contribution < -0.4 is 5.32 Å². The van der Waals surface area contributed by atoms with E-state index in [4.69, 9.17) is 4.74 Å². The number of alkyl halides is 3. The minimum atomic E-state index is -4.19. The molecule has 2 fully saturated rings. The van der Waals surface area contributed by atoms with E-state index in [0.29, 0.717) is 26.2 Å². The lowest BCUT2D eigenvalue weighted by atomic mass is 9.74. The highest BCUT2D eigenvalue weighted by molar-refractivity contribution is 5.80. The third kappa shape index (κ3) is 5.22. The van der Waals surface area contributed by atoms with Crippen LogP contribution in [0.3, 0.4) is 0 Å². The van der Waals surface area contributed by atoms with Gasteiger partial charge in [-0.1, -0.05) is 30.3 Å². The normalized spacial score (nSPS) is 22.4. The molecule has 2 heterocycles. The van der Waals surface area contributed by atoms with E-state index in [1.807, 2.05) is 6.07 Å². The summed E-state index contributed by atoms with van der Waals surface area (Å²) in [5.74, 6) is 0.756. The van der Waals surface area contributed by atoms with Gasteiger partial charge in [0.2, 0.25) is 0 Å². The van der Waals surface area contributed by atoms with Crippen LogP contribution in [0.5, 0.6) is 0 Å². The number of piperazine rings is 1. The zero-order valence-electron chi connectivity index (χ0n) is 17.2. The molecule has 0 aromatic heterocycles. The van der Waals surface area contributed by atoms with Gasteiger partial charge in [-0.25, -0.2) is 0 Å². The Morgan fingerprint density at radius 1 is 1.14 bits per heavy atom. The molecule has 29 heavy (non-hydrogen) atoms. The van der Waals surface area contributed by atoms with Crippen LogP contribution in [0, 0.1) is 0 Å². The largest absolute Gasteiger partial charge is 0.403 e. The zero-order chi connectivity index (χ0) is 20.9. The first-order valence-corrected chi connectivity index (χ1v) is 10.3. The molecule has 2 aliphatic rings. The number of nitrogens with zero attached hydrogens (tertiary/aromatic N) is 3. The molecule has 0 bridgehead atoms. The number of ether oxygens (including phenoxy) is 1. The van der Waals surface area contributed by atoms with Crippen LogP contribution in [-0.2, 0) is 10.2 Å². The Bertz CT molecular complexity index is 666. The third-order valence-corrected chi connectivity index (χ3v) is 6.27. The molecule has 0 spiro atoms. The molecule has 0 radical (unpaired) electrons. The van der Waals surface area contributed by atoms with Gasteiger partial charge in [-0.3, -0.25) is 9.89 Å². The first-order chi connectivity index (χ1) is 13.9. The lowest BCUT2D eigenvalue weighted by molar-refractivity contribution is -0.181. The Kier molecular flexibility index (Phi) is 7.05. The quantitative estimate of drug-likeness (QED) is 0.610. The van der Waals surface area contributed by atoms with Gasteiger partial charge >= 0.3 is 6.18 Å². The second-order valence-corrected chi connectivity index (χ2v) is 7.90. The molecule has 1 aromatic carbocycles. The van der Waals surface area contributed by atoms with E-state index in [1.54, 1.807) is 7.05 Å². The molecular weight excluding hydrogens is 381 g/mol. The van der Waals surface area contributed by atoms with Crippen molar-refractivity contribution in [2.75, 3.05) is 53.0 Å². The van der Waals surface area contributed by atoms with Crippen LogP contribution >= 0.6 is 0 Å². The van der Waals surface area contributed by atoms with Crippen molar-refractivity contribution in [3.63, 3.8) is 0 Å². The Morgan fingerprint density at radius 3 is 2.31 bits per heavy atom. The van der Waals surface area contributed by atoms with E-state index in [1.165, 1.54) is 17.4 Å². The van der Waals surface area contributed by atoms with Gasteiger partial charge in [-0.15, -0.1) is 0 Å². The second-order valence-electron chi connectivity index (χ2n) is 7.90. The zero-order valence-corrected chi connectivity index (χ0v) is 17.2. The molecule has 1 atom stereocenters. The summed E-state index contributed by atoms with van der Waals surface area (Å²) in [7, 11) is 1.73. The first kappa shape index (κ1) is 21.9. The van der Waals surface area contributed by atoms with E-state index in [-0.39, 0.29) is 5.41 Å². The van der Waals surface area contributed by atoms with E-state index in [2.05, 4.69) is 39.5 Å². The summed E-state index contributed by atoms with van der Waals surface area (Å²) in [6, 6.07) is 9.04. The lowest BCUT2D eigenvalue weighted by Crippen LogP contribution is -2.57. The lowest BCUT2D eigenvalue weighted by Gasteiger charge is -2.42. The van der Waals surface area contributed by atoms with Crippen LogP contribution in [0.2, 0.25) is 0 Å². The monoisotopic (exact) mass is 412 g/mol. The summed E-state index contributed by atoms with van der Waals surface area (Å²) in [5, 5.41) is 3.50. The highest BCUT2D eigenvalue weighted by Crippen LogP contribution is 2.34. The van der Waals surface area contributed by atoms with Gasteiger partial charge in [-0.2, -0.15) is 13.2 Å². The number of nitrogens with one attached hydrogen (secondary N) is 1. The third-order valence-electron chi connectivity index (χ3n) is 6.27. The van der Waals surface area contributed by atoms with Crippen molar-refractivity contribution in [2.45, 2.75) is 37.4 Å². The Morgan fingerprint density at radius 2 is 1.76 bits per heavy atom. The van der Waals surface area contributed by atoms with Crippen molar-refractivity contribution in [1.82, 2.24) is 15.1 Å². The van der Waals surface area contributed by atoms with Crippen molar-refractivity contribution < 1.29 is 17.9 Å². The number of rotatable bonds is 4. The summed E-state index contributed by atoms with van der Waals surface area (Å²) in [6.45, 7) is 5.22. The number of halogens is 3. The molecule has 1 unspecified atom stereocenters. The Balaban J connectivity index is 1.61. The van der Waals surface area contributed by atoms with Crippen LogP contribution in [0.15, 0.2) is 35.3 Å². The van der Waals surface area contributed by atoms with Crippen molar-refractivity contribution in [1.29, 1.82) is 0 Å². The standard InChI is InChI=1S/C21H31F3N4O/c1-17(21(22,23)24)27-10-12-28(13-11-27)19(25-2)26-16-20(8-14-29-15-9-20)18-6-4-3-5-7-18/h3-7,17H,8-16H2,1-2H3,(H,25,26). The fourth-order valence-electron chi connectivity index (χ4n) is 4.23. The molecular formula is C21H31F3N4O. The van der Waals surface area contributed by atoms with Gasteiger partial charge in [0.25, 0.3) is 0 Å². The van der Waals surface area contributed by atoms with Crippen molar-refractivity contribution in [3.05, 3.63) is 35.9 Å². The van der Waals surface area contributed by atoms with Crippen LogP contribution in [0.1, 0.15) is 25.3 Å². The molecule has 0 aliphatic carbocycles. The smallest absolute Gasteiger partial charge is 0.381 e. The van der Waals surface area contributed by atoms with Crippen LogP contribution in [0.4, 0.5) is 13.2 Å². The first-order valence-electron chi connectivity index (χ1n) is 10.3. The Labute approximate surface area is 170 Å². The number of benzene rings is 1. The fraction of sp³-hybridized carbons (Fsp3) is 0.667. The maximum absolute atomic E-state index is 13.0. The summed E-state index contributed by atoms with van der Waals surface area (Å²) in [4.78, 5) is 7.95. The van der Waals surface area contributed by atoms with Gasteiger partial charge < -0.3 is 15.0 Å². The number of hydrogen-bond donors (Lipinski definition) is 1. The summed E-state index contributed by atoms with van der Waals surface area (Å²) >= 11 is 0. The van der Waals surface area contributed by atoms with E-state index in [0.717, 1.165) is 38.6 Å². The molecule has 162 valence electrons. The highest BCUT2D eigenvalue weighted by Gasteiger charge is 2.41. The molecule has 2 saturated heterocycles. The summed E-state index contributed by atoms with van der Waals surface area (Å²) in [5.41, 5.74) is 1.26. The molecule has 1 aromatic rings. The van der Waals surface area contributed by atoms with E-state index < -0.39 is 12.2 Å². The average Bonchev–Trinajstić information content (AvgIpc) is 2.75. The van der Waals surface area contributed by atoms with E-state index >= 15 is 0 Å². The predicted molar refractivity (Wildman–Crippen MR) is 108 cm³/mol. The fourth-order valence-corrected chi connectivity index (χ4v) is 4.23. The molecule has 1 N–H and O–H groups in total. The molecule has 3 rings (SSSR count). The maximum atomic E-state index is 13.0. The van der Waals surface area contributed by atoms with Crippen LogP contribution in [0.25, 0.3) is 0 Å². The Hall–Kier alpha value is -1.80. The van der Waals surface area contributed by atoms with Gasteiger partial charge in [0.1, 0.15) is 6.04 Å². The minimum absolute atomic E-state index is 0.0257. The topological polar surface area (TPSA) is 40.1 Å². The molecule has 5 nitrogen and oxygen atoms in total. The summed E-state index contributed by atoms with van der Waals surface area (Å²) < 4.78 is 44.5. The number of aliphatic imine (C=N–C) groups is 1. The van der Waals surface area contributed by atoms with Crippen molar-refractivity contribution in [3.8, 4) is 0 Å². The predicted octanol–water partition coefficient (Wildman–Crippen LogP) is 2.88. The molecule has 2 aliphatic heterocycles. The molecule has 0 saturated carbocycles. The van der Waals surface area contributed by atoms with Crippen LogP contribution in [-0.4, -0.2) is 81.0 Å². The van der Waals surface area contributed by atoms with Gasteiger partial charge in [0.05, 0.1) is 0 Å². The highest BCUT2D eigenvalue weighted by atomic mass is 19.4. The van der Waals surface area contributed by atoms with Gasteiger partial charge in [-0.05, 0) is 25.3 Å². The maximum Gasteiger partial charge on any atom is 0.403 e. The minimum Gasteiger partial charge on any atom is -0.381 e. The summed E-state index contributed by atoms with van der Waals surface area (Å²) in [6.07, 6.45) is -2.33.